The summed E-state index contributed by atoms with van der Waals surface area (Å²) in [4.78, 5) is 1.10. The molecule has 2 aromatic rings. The van der Waals surface area contributed by atoms with Gasteiger partial charge in [0.2, 0.25) is 0 Å². The summed E-state index contributed by atoms with van der Waals surface area (Å²) in [5, 5.41) is 0.383. The predicted molar refractivity (Wildman–Crippen MR) is 74.1 cm³/mol. The Balaban J connectivity index is 2.22. The summed E-state index contributed by atoms with van der Waals surface area (Å²) in [6.07, 6.45) is 0.580. The molecule has 1 nitrogen and oxygen atoms in total. The predicted octanol–water partition coefficient (Wildman–Crippen LogP) is 4.55. The van der Waals surface area contributed by atoms with Crippen LogP contribution in [0.4, 0.5) is 4.39 Å². The van der Waals surface area contributed by atoms with E-state index < -0.39 is 6.04 Å². The molecule has 0 saturated heterocycles. The molecular weight excluding hydrogens is 325 g/mol. The molecule has 2 N–H and O–H groups in total. The lowest BCUT2D eigenvalue weighted by atomic mass is 10.0. The lowest BCUT2D eigenvalue weighted by Gasteiger charge is -2.13. The fourth-order valence-corrected chi connectivity index (χ4v) is 3.49. The molecule has 1 aromatic carbocycles. The average Bonchev–Trinajstić information content (AvgIpc) is 2.63. The largest absolute Gasteiger partial charge is 0.324 e. The number of hydrogen-bond acceptors (Lipinski definition) is 2. The van der Waals surface area contributed by atoms with E-state index in [2.05, 4.69) is 15.9 Å². The molecule has 0 spiro atoms. The van der Waals surface area contributed by atoms with E-state index in [1.54, 1.807) is 23.5 Å². The first-order chi connectivity index (χ1) is 8.08. The van der Waals surface area contributed by atoms with Crippen LogP contribution in [0.2, 0.25) is 5.02 Å². The zero-order chi connectivity index (χ0) is 12.4. The molecule has 0 fully saturated rings. The van der Waals surface area contributed by atoms with Crippen LogP contribution >= 0.6 is 38.9 Å². The van der Waals surface area contributed by atoms with E-state index in [4.69, 9.17) is 17.3 Å². The van der Waals surface area contributed by atoms with Gasteiger partial charge in [-0.05, 0) is 40.2 Å². The zero-order valence-electron chi connectivity index (χ0n) is 8.79. The van der Waals surface area contributed by atoms with Gasteiger partial charge in [0.1, 0.15) is 5.82 Å². The van der Waals surface area contributed by atoms with Crippen LogP contribution in [0, 0.1) is 5.82 Å². The molecule has 0 aliphatic rings. The van der Waals surface area contributed by atoms with Crippen molar-refractivity contribution < 1.29 is 4.39 Å². The van der Waals surface area contributed by atoms with E-state index >= 15 is 0 Å². The third kappa shape index (κ3) is 3.07. The van der Waals surface area contributed by atoms with Crippen molar-refractivity contribution >= 4 is 38.9 Å². The van der Waals surface area contributed by atoms with Crippen molar-refractivity contribution in [2.75, 3.05) is 0 Å². The van der Waals surface area contributed by atoms with Crippen molar-refractivity contribution in [3.63, 3.8) is 0 Å². The molecule has 1 heterocycles. The molecule has 2 rings (SSSR count). The normalized spacial score (nSPS) is 12.7. The minimum absolute atomic E-state index is 0.347. The maximum Gasteiger partial charge on any atom is 0.129 e. The Hall–Kier alpha value is -0.420. The van der Waals surface area contributed by atoms with Crippen molar-refractivity contribution in [1.82, 2.24) is 0 Å². The van der Waals surface area contributed by atoms with Crippen LogP contribution in [0.25, 0.3) is 0 Å². The Kier molecular flexibility index (Phi) is 4.20. The van der Waals surface area contributed by atoms with Gasteiger partial charge in [-0.15, -0.1) is 11.3 Å². The second-order valence-electron chi connectivity index (χ2n) is 3.65. The Morgan fingerprint density at radius 2 is 2.12 bits per heavy atom. The zero-order valence-corrected chi connectivity index (χ0v) is 11.9. The van der Waals surface area contributed by atoms with E-state index in [9.17, 15) is 4.39 Å². The molecule has 17 heavy (non-hydrogen) atoms. The maximum absolute atomic E-state index is 13.6. The minimum atomic E-state index is -0.422. The summed E-state index contributed by atoms with van der Waals surface area (Å²) in [6.45, 7) is 0. The van der Waals surface area contributed by atoms with E-state index in [0.717, 1.165) is 8.66 Å². The standard InChI is InChI=1S/C12H10BrClFNS/c13-11-5-4-7(17-11)6-10(16)12-8(14)2-1-3-9(12)15/h1-5,10H,6,16H2. The highest BCUT2D eigenvalue weighted by Gasteiger charge is 2.16. The van der Waals surface area contributed by atoms with E-state index in [-0.39, 0.29) is 5.82 Å². The summed E-state index contributed by atoms with van der Waals surface area (Å²) < 4.78 is 14.7. The van der Waals surface area contributed by atoms with Crippen LogP contribution in [0.3, 0.4) is 0 Å². The molecular formula is C12H10BrClFNS. The molecule has 0 radical (unpaired) electrons. The van der Waals surface area contributed by atoms with Crippen LogP contribution in [0.1, 0.15) is 16.5 Å². The average molecular weight is 335 g/mol. The fraction of sp³-hybridized carbons (Fsp3) is 0.167. The van der Waals surface area contributed by atoms with Gasteiger partial charge in [0.05, 0.1) is 3.79 Å². The van der Waals surface area contributed by atoms with Gasteiger partial charge in [0.25, 0.3) is 0 Å². The number of nitrogens with two attached hydrogens (primary N) is 1. The Morgan fingerprint density at radius 1 is 1.35 bits per heavy atom. The van der Waals surface area contributed by atoms with Gasteiger partial charge in [0.15, 0.2) is 0 Å². The summed E-state index contributed by atoms with van der Waals surface area (Å²) in [5.41, 5.74) is 6.39. The van der Waals surface area contributed by atoms with Gasteiger partial charge in [-0.1, -0.05) is 17.7 Å². The number of hydrogen-bond donors (Lipinski definition) is 1. The van der Waals surface area contributed by atoms with Crippen molar-refractivity contribution in [2.45, 2.75) is 12.5 Å². The molecule has 0 amide bonds. The van der Waals surface area contributed by atoms with Crippen molar-refractivity contribution in [3.05, 3.63) is 55.4 Å². The molecule has 1 unspecified atom stereocenters. The number of halogens is 3. The van der Waals surface area contributed by atoms with Gasteiger partial charge < -0.3 is 5.73 Å². The Morgan fingerprint density at radius 3 is 2.71 bits per heavy atom. The first kappa shape index (κ1) is 13.0. The quantitative estimate of drug-likeness (QED) is 0.876. The van der Waals surface area contributed by atoms with Gasteiger partial charge in [0, 0.05) is 27.9 Å². The van der Waals surface area contributed by atoms with Gasteiger partial charge in [-0.25, -0.2) is 4.39 Å². The fourth-order valence-electron chi connectivity index (χ4n) is 1.65. The molecule has 0 aliphatic heterocycles. The highest BCUT2D eigenvalue weighted by molar-refractivity contribution is 9.11. The monoisotopic (exact) mass is 333 g/mol. The number of benzene rings is 1. The van der Waals surface area contributed by atoms with Gasteiger partial charge >= 0.3 is 0 Å². The highest BCUT2D eigenvalue weighted by Crippen LogP contribution is 2.30. The van der Waals surface area contributed by atoms with Crippen LogP contribution < -0.4 is 5.73 Å². The van der Waals surface area contributed by atoms with E-state index in [0.29, 0.717) is 17.0 Å². The first-order valence-electron chi connectivity index (χ1n) is 5.01. The summed E-state index contributed by atoms with van der Waals surface area (Å²) in [6, 6.07) is 8.12. The molecule has 5 heteroatoms. The molecule has 1 aromatic heterocycles. The smallest absolute Gasteiger partial charge is 0.129 e. The topological polar surface area (TPSA) is 26.0 Å². The van der Waals surface area contributed by atoms with Crippen molar-refractivity contribution in [2.24, 2.45) is 5.73 Å². The second kappa shape index (κ2) is 5.48. The maximum atomic E-state index is 13.6. The lowest BCUT2D eigenvalue weighted by Crippen LogP contribution is -2.15. The molecule has 0 saturated carbocycles. The van der Waals surface area contributed by atoms with Gasteiger partial charge in [-0.3, -0.25) is 0 Å². The molecule has 1 atom stereocenters. The minimum Gasteiger partial charge on any atom is -0.324 e. The van der Waals surface area contributed by atoms with Crippen LogP contribution in [0.15, 0.2) is 34.1 Å². The summed E-state index contributed by atoms with van der Waals surface area (Å²) in [5.74, 6) is -0.347. The third-order valence-electron chi connectivity index (χ3n) is 2.42. The van der Waals surface area contributed by atoms with Gasteiger partial charge in [-0.2, -0.15) is 0 Å². The van der Waals surface area contributed by atoms with Crippen LogP contribution in [0.5, 0.6) is 0 Å². The third-order valence-corrected chi connectivity index (χ3v) is 4.40. The first-order valence-corrected chi connectivity index (χ1v) is 7.00. The van der Waals surface area contributed by atoms with E-state index in [1.807, 2.05) is 12.1 Å². The number of rotatable bonds is 3. The molecule has 0 bridgehead atoms. The molecule has 0 aliphatic carbocycles. The SMILES string of the molecule is NC(Cc1ccc(Br)s1)c1c(F)cccc1Cl. The number of thiophene rings is 1. The Labute approximate surface area is 117 Å². The van der Waals surface area contributed by atoms with Crippen LogP contribution in [-0.2, 0) is 6.42 Å². The van der Waals surface area contributed by atoms with Crippen LogP contribution in [-0.4, -0.2) is 0 Å². The van der Waals surface area contributed by atoms with Crippen molar-refractivity contribution in [1.29, 1.82) is 0 Å². The Bertz CT molecular complexity index is 509. The van der Waals surface area contributed by atoms with Crippen molar-refractivity contribution in [3.8, 4) is 0 Å². The van der Waals surface area contributed by atoms with E-state index in [1.165, 1.54) is 6.07 Å². The highest BCUT2D eigenvalue weighted by atomic mass is 79.9. The second-order valence-corrected chi connectivity index (χ2v) is 6.61. The summed E-state index contributed by atoms with van der Waals surface area (Å²) >= 11 is 10.9. The lowest BCUT2D eigenvalue weighted by molar-refractivity contribution is 0.582. The summed E-state index contributed by atoms with van der Waals surface area (Å²) in [7, 11) is 0. The molecule has 90 valence electrons.